The van der Waals surface area contributed by atoms with Crippen molar-refractivity contribution in [1.82, 2.24) is 10.6 Å². The minimum Gasteiger partial charge on any atom is -0.486 e. The van der Waals surface area contributed by atoms with E-state index in [-0.39, 0.29) is 24.4 Å². The normalized spacial score (nSPS) is 19.0. The molecule has 0 radical (unpaired) electrons. The molecule has 0 saturated carbocycles. The molecule has 8 heteroatoms. The number of hydrogen-bond acceptors (Lipinski definition) is 5. The molecule has 0 aromatic heterocycles. The van der Waals surface area contributed by atoms with Gasteiger partial charge in [0, 0.05) is 45.0 Å². The van der Waals surface area contributed by atoms with Crippen molar-refractivity contribution in [2.24, 2.45) is 0 Å². The van der Waals surface area contributed by atoms with Crippen LogP contribution in [0.4, 0.5) is 10.5 Å². The summed E-state index contributed by atoms with van der Waals surface area (Å²) in [5.74, 6) is 1.30. The van der Waals surface area contributed by atoms with Crippen LogP contribution in [0.1, 0.15) is 12.8 Å². The molecule has 25 heavy (non-hydrogen) atoms. The standard InChI is InChI=1S/C17H23N3O5/c1-23-6-2-5-18-17(22)19-12-9-16(21)20(11-12)13-3-4-14-15(10-13)25-8-7-24-14/h3-4,10,12H,2,5-9,11H2,1H3,(H2,18,19,22). The Kier molecular flexibility index (Phi) is 5.60. The minimum atomic E-state index is -0.266. The second kappa shape index (κ2) is 8.06. The van der Waals surface area contributed by atoms with Crippen LogP contribution in [0.25, 0.3) is 0 Å². The zero-order chi connectivity index (χ0) is 17.6. The first-order valence-corrected chi connectivity index (χ1v) is 8.40. The first-order valence-electron chi connectivity index (χ1n) is 8.40. The Bertz CT molecular complexity index is 637. The van der Waals surface area contributed by atoms with E-state index in [1.807, 2.05) is 6.07 Å². The van der Waals surface area contributed by atoms with E-state index < -0.39 is 0 Å². The van der Waals surface area contributed by atoms with Crippen LogP contribution < -0.4 is 25.0 Å². The van der Waals surface area contributed by atoms with Crippen LogP contribution in [0.15, 0.2) is 18.2 Å². The van der Waals surface area contributed by atoms with Crippen molar-refractivity contribution in [3.63, 3.8) is 0 Å². The maximum absolute atomic E-state index is 12.3. The summed E-state index contributed by atoms with van der Waals surface area (Å²) < 4.78 is 16.0. The summed E-state index contributed by atoms with van der Waals surface area (Å²) in [5.41, 5.74) is 0.749. The SMILES string of the molecule is COCCCNC(=O)NC1CC(=O)N(c2ccc3c(c2)OCCO3)C1. The second-order valence-corrected chi connectivity index (χ2v) is 5.98. The van der Waals surface area contributed by atoms with E-state index >= 15 is 0 Å². The van der Waals surface area contributed by atoms with Gasteiger partial charge in [-0.3, -0.25) is 4.79 Å². The lowest BCUT2D eigenvalue weighted by Crippen LogP contribution is -2.43. The molecule has 136 valence electrons. The zero-order valence-corrected chi connectivity index (χ0v) is 14.2. The molecule has 1 atom stereocenters. The van der Waals surface area contributed by atoms with Gasteiger partial charge < -0.3 is 29.7 Å². The van der Waals surface area contributed by atoms with Crippen LogP contribution in [0.2, 0.25) is 0 Å². The summed E-state index contributed by atoms with van der Waals surface area (Å²) in [7, 11) is 1.62. The van der Waals surface area contributed by atoms with Gasteiger partial charge in [0.1, 0.15) is 13.2 Å². The fraction of sp³-hybridized carbons (Fsp3) is 0.529. The zero-order valence-electron chi connectivity index (χ0n) is 14.2. The fourth-order valence-corrected chi connectivity index (χ4v) is 2.91. The lowest BCUT2D eigenvalue weighted by Gasteiger charge is -2.22. The number of carbonyl (C=O) groups excluding carboxylic acids is 2. The monoisotopic (exact) mass is 349 g/mol. The molecule has 8 nitrogen and oxygen atoms in total. The average molecular weight is 349 g/mol. The highest BCUT2D eigenvalue weighted by Crippen LogP contribution is 2.35. The molecule has 1 unspecified atom stereocenters. The molecule has 3 amide bonds. The smallest absolute Gasteiger partial charge is 0.315 e. The number of amides is 3. The summed E-state index contributed by atoms with van der Waals surface area (Å²) in [6.07, 6.45) is 1.02. The van der Waals surface area contributed by atoms with Crippen molar-refractivity contribution < 1.29 is 23.8 Å². The molecule has 0 spiro atoms. The van der Waals surface area contributed by atoms with E-state index in [4.69, 9.17) is 14.2 Å². The summed E-state index contributed by atoms with van der Waals surface area (Å²) in [6.45, 7) is 2.59. The number of nitrogens with zero attached hydrogens (tertiary/aromatic N) is 1. The molecule has 0 bridgehead atoms. The van der Waals surface area contributed by atoms with Crippen LogP contribution in [0.3, 0.4) is 0 Å². The largest absolute Gasteiger partial charge is 0.486 e. The Morgan fingerprint density at radius 1 is 1.32 bits per heavy atom. The first kappa shape index (κ1) is 17.3. The van der Waals surface area contributed by atoms with E-state index in [1.165, 1.54) is 0 Å². The van der Waals surface area contributed by atoms with Crippen LogP contribution in [-0.4, -0.2) is 58.0 Å². The lowest BCUT2D eigenvalue weighted by atomic mass is 10.2. The topological polar surface area (TPSA) is 89.1 Å². The molecule has 2 N–H and O–H groups in total. The van der Waals surface area contributed by atoms with Crippen LogP contribution in [-0.2, 0) is 9.53 Å². The number of anilines is 1. The van der Waals surface area contributed by atoms with Gasteiger partial charge in [-0.05, 0) is 18.6 Å². The third-order valence-electron chi connectivity index (χ3n) is 4.11. The van der Waals surface area contributed by atoms with E-state index in [1.54, 1.807) is 24.1 Å². The number of carbonyl (C=O) groups is 2. The van der Waals surface area contributed by atoms with E-state index in [2.05, 4.69) is 10.6 Å². The maximum Gasteiger partial charge on any atom is 0.315 e. The number of hydrogen-bond donors (Lipinski definition) is 2. The quantitative estimate of drug-likeness (QED) is 0.745. The third kappa shape index (κ3) is 4.33. The first-order chi connectivity index (χ1) is 12.2. The number of benzene rings is 1. The lowest BCUT2D eigenvalue weighted by molar-refractivity contribution is -0.117. The van der Waals surface area contributed by atoms with Gasteiger partial charge in [-0.25, -0.2) is 4.79 Å². The molecule has 3 rings (SSSR count). The predicted molar refractivity (Wildman–Crippen MR) is 91.2 cm³/mol. The number of methoxy groups -OCH3 is 1. The molecular weight excluding hydrogens is 326 g/mol. The van der Waals surface area contributed by atoms with E-state index in [9.17, 15) is 9.59 Å². The van der Waals surface area contributed by atoms with Crippen molar-refractivity contribution in [1.29, 1.82) is 0 Å². The summed E-state index contributed by atoms with van der Waals surface area (Å²) in [6, 6.07) is 4.96. The molecule has 2 heterocycles. The van der Waals surface area contributed by atoms with Crippen LogP contribution in [0, 0.1) is 0 Å². The highest BCUT2D eigenvalue weighted by Gasteiger charge is 2.32. The molecule has 1 aromatic carbocycles. The Hall–Kier alpha value is -2.48. The Labute approximate surface area is 146 Å². The van der Waals surface area contributed by atoms with Gasteiger partial charge in [0.2, 0.25) is 5.91 Å². The minimum absolute atomic E-state index is 0.0265. The molecule has 1 aromatic rings. The number of rotatable bonds is 6. The summed E-state index contributed by atoms with van der Waals surface area (Å²) >= 11 is 0. The second-order valence-electron chi connectivity index (χ2n) is 5.98. The number of nitrogens with one attached hydrogen (secondary N) is 2. The Balaban J connectivity index is 1.54. The van der Waals surface area contributed by atoms with Crippen LogP contribution in [0.5, 0.6) is 11.5 Å². The van der Waals surface area contributed by atoms with E-state index in [0.717, 1.165) is 12.1 Å². The third-order valence-corrected chi connectivity index (χ3v) is 4.11. The number of ether oxygens (including phenoxy) is 3. The molecule has 0 aliphatic carbocycles. The van der Waals surface area contributed by atoms with Crippen molar-refractivity contribution >= 4 is 17.6 Å². The van der Waals surface area contributed by atoms with Crippen molar-refractivity contribution in [2.75, 3.05) is 44.9 Å². The van der Waals surface area contributed by atoms with Gasteiger partial charge in [0.15, 0.2) is 11.5 Å². The Morgan fingerprint density at radius 2 is 2.12 bits per heavy atom. The van der Waals surface area contributed by atoms with Gasteiger partial charge in [0.25, 0.3) is 0 Å². The van der Waals surface area contributed by atoms with Gasteiger partial charge in [0.05, 0.1) is 6.04 Å². The average Bonchev–Trinajstić information content (AvgIpc) is 2.98. The molecule has 1 fully saturated rings. The molecule has 2 aliphatic heterocycles. The molecule has 2 aliphatic rings. The van der Waals surface area contributed by atoms with Crippen LogP contribution >= 0.6 is 0 Å². The molecule has 1 saturated heterocycles. The van der Waals surface area contributed by atoms with Crippen molar-refractivity contribution in [3.8, 4) is 11.5 Å². The van der Waals surface area contributed by atoms with Gasteiger partial charge in [-0.15, -0.1) is 0 Å². The predicted octanol–water partition coefficient (Wildman–Crippen LogP) is 0.899. The summed E-state index contributed by atoms with van der Waals surface area (Å²) in [5, 5.41) is 5.60. The van der Waals surface area contributed by atoms with Gasteiger partial charge in [-0.1, -0.05) is 0 Å². The highest BCUT2D eigenvalue weighted by atomic mass is 16.6. The summed E-state index contributed by atoms with van der Waals surface area (Å²) in [4.78, 5) is 25.8. The number of urea groups is 1. The van der Waals surface area contributed by atoms with Gasteiger partial charge in [-0.2, -0.15) is 0 Å². The highest BCUT2D eigenvalue weighted by molar-refractivity contribution is 5.97. The van der Waals surface area contributed by atoms with Crippen molar-refractivity contribution in [2.45, 2.75) is 18.9 Å². The fourth-order valence-electron chi connectivity index (χ4n) is 2.91. The molecular formula is C17H23N3O5. The maximum atomic E-state index is 12.3. The number of fused-ring (bicyclic) bond motifs is 1. The van der Waals surface area contributed by atoms with E-state index in [0.29, 0.717) is 44.4 Å². The van der Waals surface area contributed by atoms with Crippen molar-refractivity contribution in [3.05, 3.63) is 18.2 Å². The Morgan fingerprint density at radius 3 is 2.92 bits per heavy atom. The van der Waals surface area contributed by atoms with Gasteiger partial charge >= 0.3 is 6.03 Å².